The molecular weight excluding hydrogens is 244 g/mol. The van der Waals surface area contributed by atoms with Crippen LogP contribution in [-0.2, 0) is 4.79 Å². The smallest absolute Gasteiger partial charge is 0.140 e. The largest absolute Gasteiger partial charge is 0.299 e. The van der Waals surface area contributed by atoms with E-state index < -0.39 is 0 Å². The second kappa shape index (κ2) is 4.87. The lowest BCUT2D eigenvalue weighted by Gasteiger charge is -2.36. The van der Waals surface area contributed by atoms with Gasteiger partial charge < -0.3 is 0 Å². The molecule has 0 N–H and O–H groups in total. The Hall–Kier alpha value is -1.37. The topological polar surface area (TPSA) is 17.1 Å². The maximum absolute atomic E-state index is 12.4. The van der Waals surface area contributed by atoms with Crippen LogP contribution >= 0.6 is 0 Å². The zero-order valence-corrected chi connectivity index (χ0v) is 12.0. The molecular formula is C19H22O. The van der Waals surface area contributed by atoms with Crippen LogP contribution in [0.3, 0.4) is 0 Å². The van der Waals surface area contributed by atoms with E-state index in [1.807, 2.05) is 0 Å². The van der Waals surface area contributed by atoms with Gasteiger partial charge in [0, 0.05) is 12.3 Å². The van der Waals surface area contributed by atoms with E-state index in [0.29, 0.717) is 18.1 Å². The quantitative estimate of drug-likeness (QED) is 0.773. The fraction of sp³-hybridized carbons (Fsp3) is 0.526. The first-order valence-electron chi connectivity index (χ1n) is 8.14. The van der Waals surface area contributed by atoms with Gasteiger partial charge in [0.15, 0.2) is 0 Å². The fourth-order valence-electron chi connectivity index (χ4n) is 4.01. The Morgan fingerprint density at radius 3 is 2.65 bits per heavy atom. The molecule has 1 nitrogen and oxygen atoms in total. The van der Waals surface area contributed by atoms with E-state index in [9.17, 15) is 4.79 Å². The van der Waals surface area contributed by atoms with Crippen molar-refractivity contribution in [3.63, 3.8) is 0 Å². The van der Waals surface area contributed by atoms with E-state index in [1.54, 1.807) is 0 Å². The average molecular weight is 266 g/mol. The molecule has 2 fully saturated rings. The second-order valence-electron chi connectivity index (χ2n) is 6.77. The van der Waals surface area contributed by atoms with Gasteiger partial charge in [-0.2, -0.15) is 0 Å². The molecule has 0 aromatic heterocycles. The number of Topliss-reactive ketones (excluding diaryl/α,β-unsaturated/α-hetero) is 1. The lowest BCUT2D eigenvalue weighted by atomic mass is 9.68. The lowest BCUT2D eigenvalue weighted by molar-refractivity contribution is -0.124. The molecule has 0 bridgehead atoms. The van der Waals surface area contributed by atoms with Gasteiger partial charge >= 0.3 is 0 Å². The first kappa shape index (κ1) is 12.4. The van der Waals surface area contributed by atoms with Crippen LogP contribution in [0.25, 0.3) is 5.57 Å². The molecule has 0 heterocycles. The van der Waals surface area contributed by atoms with Crippen molar-refractivity contribution in [3.05, 3.63) is 41.5 Å². The Labute approximate surface area is 121 Å². The average Bonchev–Trinajstić information content (AvgIpc) is 2.43. The molecule has 1 aromatic rings. The molecule has 1 aromatic carbocycles. The maximum atomic E-state index is 12.4. The van der Waals surface area contributed by atoms with Crippen molar-refractivity contribution < 1.29 is 4.79 Å². The molecule has 0 saturated heterocycles. The van der Waals surface area contributed by atoms with Crippen molar-refractivity contribution in [2.24, 2.45) is 11.8 Å². The highest BCUT2D eigenvalue weighted by atomic mass is 16.1. The minimum Gasteiger partial charge on any atom is -0.299 e. The third kappa shape index (κ3) is 1.95. The van der Waals surface area contributed by atoms with Crippen molar-refractivity contribution in [2.75, 3.05) is 0 Å². The van der Waals surface area contributed by atoms with E-state index >= 15 is 0 Å². The molecule has 4 rings (SSSR count). The first-order chi connectivity index (χ1) is 9.83. The molecule has 0 spiro atoms. The Bertz CT molecular complexity index is 565. The second-order valence-corrected chi connectivity index (χ2v) is 6.77. The minimum atomic E-state index is 0.364. The van der Waals surface area contributed by atoms with Gasteiger partial charge in [0.25, 0.3) is 0 Å². The number of rotatable bonds is 3. The van der Waals surface area contributed by atoms with Gasteiger partial charge in [0.2, 0.25) is 0 Å². The summed E-state index contributed by atoms with van der Waals surface area (Å²) in [7, 11) is 0. The predicted molar refractivity (Wildman–Crippen MR) is 81.5 cm³/mol. The molecule has 0 amide bonds. The first-order valence-corrected chi connectivity index (χ1v) is 8.14. The third-order valence-corrected chi connectivity index (χ3v) is 5.72. The number of carbonyl (C=O) groups excluding carboxylic acids is 1. The summed E-state index contributed by atoms with van der Waals surface area (Å²) in [6, 6.07) is 8.81. The molecule has 3 aliphatic carbocycles. The number of benzene rings is 1. The number of hydrogen-bond donors (Lipinski definition) is 0. The standard InChI is InChI=1S/C19H22O/c20-19(14-4-3-5-14)12-15-9-8-13-10-11-17(13)18-7-2-1-6-16(15)18/h1-2,6-7,9,13-14,17H,3-5,8,10-12H2. The van der Waals surface area contributed by atoms with Crippen LogP contribution in [0.15, 0.2) is 30.3 Å². The molecule has 2 saturated carbocycles. The van der Waals surface area contributed by atoms with Crippen molar-refractivity contribution in [1.29, 1.82) is 0 Å². The van der Waals surface area contributed by atoms with Gasteiger partial charge in [-0.1, -0.05) is 36.8 Å². The van der Waals surface area contributed by atoms with Gasteiger partial charge in [-0.15, -0.1) is 0 Å². The van der Waals surface area contributed by atoms with Gasteiger partial charge in [-0.05, 0) is 60.6 Å². The van der Waals surface area contributed by atoms with Crippen molar-refractivity contribution in [1.82, 2.24) is 0 Å². The summed E-state index contributed by atoms with van der Waals surface area (Å²) in [6.45, 7) is 0. The van der Waals surface area contributed by atoms with Gasteiger partial charge in [0.05, 0.1) is 0 Å². The van der Waals surface area contributed by atoms with E-state index in [-0.39, 0.29) is 0 Å². The molecule has 3 aliphatic rings. The number of fused-ring (bicyclic) bond motifs is 3. The van der Waals surface area contributed by atoms with Gasteiger partial charge in [0.1, 0.15) is 5.78 Å². The van der Waals surface area contributed by atoms with Crippen molar-refractivity contribution in [3.8, 4) is 0 Å². The Morgan fingerprint density at radius 2 is 1.95 bits per heavy atom. The van der Waals surface area contributed by atoms with Crippen LogP contribution in [0.2, 0.25) is 0 Å². The summed E-state index contributed by atoms with van der Waals surface area (Å²) in [5.74, 6) is 2.42. The van der Waals surface area contributed by atoms with Crippen LogP contribution in [-0.4, -0.2) is 5.78 Å². The summed E-state index contributed by atoms with van der Waals surface area (Å²) in [5.41, 5.74) is 4.19. The highest BCUT2D eigenvalue weighted by Gasteiger charge is 2.35. The Balaban J connectivity index is 1.64. The zero-order valence-electron chi connectivity index (χ0n) is 12.0. The van der Waals surface area contributed by atoms with Crippen LogP contribution in [0.1, 0.15) is 62.0 Å². The summed E-state index contributed by atoms with van der Waals surface area (Å²) >= 11 is 0. The van der Waals surface area contributed by atoms with Crippen LogP contribution in [0.4, 0.5) is 0 Å². The summed E-state index contributed by atoms with van der Waals surface area (Å²) in [5, 5.41) is 0. The van der Waals surface area contributed by atoms with E-state index in [2.05, 4.69) is 30.3 Å². The molecule has 2 atom stereocenters. The summed E-state index contributed by atoms with van der Waals surface area (Å²) in [6.07, 6.45) is 10.4. The molecule has 104 valence electrons. The molecule has 1 heteroatoms. The van der Waals surface area contributed by atoms with Crippen molar-refractivity contribution in [2.45, 2.75) is 50.9 Å². The normalized spacial score (nSPS) is 28.3. The Kier molecular flexibility index (Phi) is 3.02. The Morgan fingerprint density at radius 1 is 1.10 bits per heavy atom. The molecule has 20 heavy (non-hydrogen) atoms. The maximum Gasteiger partial charge on any atom is 0.140 e. The molecule has 2 unspecified atom stereocenters. The van der Waals surface area contributed by atoms with E-state index in [1.165, 1.54) is 42.4 Å². The molecule has 0 radical (unpaired) electrons. The number of hydrogen-bond acceptors (Lipinski definition) is 1. The van der Waals surface area contributed by atoms with Crippen LogP contribution in [0.5, 0.6) is 0 Å². The third-order valence-electron chi connectivity index (χ3n) is 5.72. The zero-order chi connectivity index (χ0) is 13.5. The van der Waals surface area contributed by atoms with Crippen LogP contribution < -0.4 is 0 Å². The summed E-state index contributed by atoms with van der Waals surface area (Å²) < 4.78 is 0. The highest BCUT2D eigenvalue weighted by molar-refractivity contribution is 5.92. The lowest BCUT2D eigenvalue weighted by Crippen LogP contribution is -2.23. The SMILES string of the molecule is O=C(CC1=CCC2CCC2c2ccccc21)C1CCC1. The number of ketones is 1. The van der Waals surface area contributed by atoms with Gasteiger partial charge in [-0.3, -0.25) is 4.79 Å². The van der Waals surface area contributed by atoms with Crippen molar-refractivity contribution >= 4 is 11.4 Å². The monoisotopic (exact) mass is 266 g/mol. The van der Waals surface area contributed by atoms with Gasteiger partial charge in [-0.25, -0.2) is 0 Å². The van der Waals surface area contributed by atoms with E-state index in [0.717, 1.165) is 24.7 Å². The van der Waals surface area contributed by atoms with Crippen LogP contribution in [0, 0.1) is 11.8 Å². The molecule has 0 aliphatic heterocycles. The number of allylic oxidation sites excluding steroid dienone is 2. The number of carbonyl (C=O) groups is 1. The summed E-state index contributed by atoms with van der Waals surface area (Å²) in [4.78, 5) is 12.4. The highest BCUT2D eigenvalue weighted by Crippen LogP contribution is 2.49. The predicted octanol–water partition coefficient (Wildman–Crippen LogP) is 4.73. The fourth-order valence-corrected chi connectivity index (χ4v) is 4.01. The minimum absolute atomic E-state index is 0.364. The van der Waals surface area contributed by atoms with E-state index in [4.69, 9.17) is 0 Å².